The molecule has 1 unspecified atom stereocenters. The van der Waals surface area contributed by atoms with E-state index in [0.29, 0.717) is 23.8 Å². The van der Waals surface area contributed by atoms with Gasteiger partial charge in [-0.15, -0.1) is 0 Å². The van der Waals surface area contributed by atoms with Crippen LogP contribution in [0.4, 0.5) is 0 Å². The number of nitrogens with one attached hydrogen (secondary N) is 2. The summed E-state index contributed by atoms with van der Waals surface area (Å²) in [6.45, 7) is 4.62. The summed E-state index contributed by atoms with van der Waals surface area (Å²) in [5.41, 5.74) is 1.47. The lowest BCUT2D eigenvalue weighted by Crippen LogP contribution is -2.38. The zero-order valence-corrected chi connectivity index (χ0v) is 14.6. The highest BCUT2D eigenvalue weighted by Crippen LogP contribution is 2.24. The second-order valence-corrected chi connectivity index (χ2v) is 6.96. The first kappa shape index (κ1) is 17.0. The largest absolute Gasteiger partial charge is 0.361 e. The number of hydrogen-bond donors (Lipinski definition) is 2. The number of aromatic nitrogens is 2. The lowest BCUT2D eigenvalue weighted by molar-refractivity contribution is 0.0941. The minimum absolute atomic E-state index is 0.0625. The highest BCUT2D eigenvalue weighted by molar-refractivity contribution is 7.98. The summed E-state index contributed by atoms with van der Waals surface area (Å²) in [5.74, 6) is 1.85. The summed E-state index contributed by atoms with van der Waals surface area (Å²) in [6, 6.07) is 5.50. The number of amides is 1. The van der Waals surface area contributed by atoms with Crippen molar-refractivity contribution in [1.29, 1.82) is 0 Å². The first-order chi connectivity index (χ1) is 11.7. The minimum atomic E-state index is -0.0625. The van der Waals surface area contributed by atoms with Gasteiger partial charge >= 0.3 is 0 Å². The summed E-state index contributed by atoms with van der Waals surface area (Å²) in [5, 5.41) is 11.1. The van der Waals surface area contributed by atoms with E-state index in [2.05, 4.69) is 20.8 Å². The summed E-state index contributed by atoms with van der Waals surface area (Å²) in [4.78, 5) is 16.9. The maximum Gasteiger partial charge on any atom is 0.254 e. The average molecular weight is 346 g/mol. The van der Waals surface area contributed by atoms with Gasteiger partial charge < -0.3 is 15.2 Å². The van der Waals surface area contributed by atoms with Gasteiger partial charge in [-0.3, -0.25) is 4.79 Å². The van der Waals surface area contributed by atoms with Crippen LogP contribution in [0.2, 0.25) is 0 Å². The molecular weight excluding hydrogens is 324 g/mol. The summed E-state index contributed by atoms with van der Waals surface area (Å²) >= 11 is 1.50. The van der Waals surface area contributed by atoms with Gasteiger partial charge in [-0.2, -0.15) is 0 Å². The van der Waals surface area contributed by atoms with Crippen molar-refractivity contribution >= 4 is 17.7 Å². The van der Waals surface area contributed by atoms with Gasteiger partial charge in [0.2, 0.25) is 0 Å². The third kappa shape index (κ3) is 4.58. The maximum atomic E-state index is 12.5. The first-order valence-corrected chi connectivity index (χ1v) is 9.20. The van der Waals surface area contributed by atoms with Crippen LogP contribution in [0.5, 0.6) is 0 Å². The van der Waals surface area contributed by atoms with E-state index in [4.69, 9.17) is 4.52 Å². The van der Waals surface area contributed by atoms with Crippen molar-refractivity contribution in [3.8, 4) is 0 Å². The van der Waals surface area contributed by atoms with Crippen LogP contribution in [0.1, 0.15) is 34.7 Å². The summed E-state index contributed by atoms with van der Waals surface area (Å²) in [7, 11) is 0. The Kier molecular flexibility index (Phi) is 5.87. The standard InChI is InChI=1S/C17H22N4O2S/c1-12-8-14(21-23-12)11-24-17-15(5-3-7-19-17)16(22)20-10-13-4-2-6-18-9-13/h3,5,7-8,13,18H,2,4,6,9-11H2,1H3,(H,20,22). The second kappa shape index (κ2) is 8.30. The molecule has 1 aliphatic rings. The van der Waals surface area contributed by atoms with Crippen LogP contribution in [0, 0.1) is 12.8 Å². The third-order valence-corrected chi connectivity index (χ3v) is 5.04. The van der Waals surface area contributed by atoms with Crippen molar-refractivity contribution in [2.24, 2.45) is 5.92 Å². The zero-order chi connectivity index (χ0) is 16.8. The Morgan fingerprint density at radius 1 is 1.54 bits per heavy atom. The Labute approximate surface area is 145 Å². The van der Waals surface area contributed by atoms with Crippen molar-refractivity contribution < 1.29 is 9.32 Å². The lowest BCUT2D eigenvalue weighted by atomic mass is 10.00. The number of piperidine rings is 1. The fourth-order valence-electron chi connectivity index (χ4n) is 2.74. The Morgan fingerprint density at radius 3 is 3.21 bits per heavy atom. The molecule has 0 aliphatic carbocycles. The molecule has 2 aromatic heterocycles. The molecule has 1 fully saturated rings. The van der Waals surface area contributed by atoms with E-state index in [0.717, 1.165) is 36.0 Å². The third-order valence-electron chi connectivity index (χ3n) is 4.00. The number of thioether (sulfide) groups is 1. The van der Waals surface area contributed by atoms with Crippen molar-refractivity contribution in [1.82, 2.24) is 20.8 Å². The molecule has 2 N–H and O–H groups in total. The van der Waals surface area contributed by atoms with Gasteiger partial charge in [-0.05, 0) is 50.9 Å². The molecule has 3 heterocycles. The molecule has 0 bridgehead atoms. The van der Waals surface area contributed by atoms with Crippen LogP contribution in [0.15, 0.2) is 33.9 Å². The summed E-state index contributed by atoms with van der Waals surface area (Å²) in [6.07, 6.45) is 4.04. The molecule has 1 aliphatic heterocycles. The zero-order valence-electron chi connectivity index (χ0n) is 13.7. The molecule has 2 aromatic rings. The Balaban J connectivity index is 1.58. The van der Waals surface area contributed by atoms with E-state index in [1.807, 2.05) is 19.1 Å². The smallest absolute Gasteiger partial charge is 0.254 e. The van der Waals surface area contributed by atoms with Gasteiger partial charge in [0.15, 0.2) is 0 Å². The molecule has 6 nitrogen and oxygen atoms in total. The highest BCUT2D eigenvalue weighted by atomic mass is 32.2. The first-order valence-electron chi connectivity index (χ1n) is 8.21. The molecule has 7 heteroatoms. The topological polar surface area (TPSA) is 80.0 Å². The highest BCUT2D eigenvalue weighted by Gasteiger charge is 2.17. The van der Waals surface area contributed by atoms with Gasteiger partial charge in [-0.25, -0.2) is 4.98 Å². The van der Waals surface area contributed by atoms with E-state index in [1.165, 1.54) is 18.2 Å². The van der Waals surface area contributed by atoms with Crippen LogP contribution < -0.4 is 10.6 Å². The fraction of sp³-hybridized carbons (Fsp3) is 0.471. The molecular formula is C17H22N4O2S. The molecule has 24 heavy (non-hydrogen) atoms. The van der Waals surface area contributed by atoms with Crippen molar-refractivity contribution in [3.05, 3.63) is 41.4 Å². The lowest BCUT2D eigenvalue weighted by Gasteiger charge is -2.23. The number of nitrogens with zero attached hydrogens (tertiary/aromatic N) is 2. The number of rotatable bonds is 6. The van der Waals surface area contributed by atoms with Crippen LogP contribution >= 0.6 is 11.8 Å². The van der Waals surface area contributed by atoms with Gasteiger partial charge in [-0.1, -0.05) is 16.9 Å². The van der Waals surface area contributed by atoms with Crippen LogP contribution in [0.25, 0.3) is 0 Å². The van der Waals surface area contributed by atoms with Crippen LogP contribution in [-0.4, -0.2) is 35.7 Å². The molecule has 0 saturated carbocycles. The Hall–Kier alpha value is -1.86. The number of aryl methyl sites for hydroxylation is 1. The van der Waals surface area contributed by atoms with Crippen molar-refractivity contribution in [2.75, 3.05) is 19.6 Å². The van der Waals surface area contributed by atoms with Crippen LogP contribution in [-0.2, 0) is 5.75 Å². The molecule has 0 aromatic carbocycles. The van der Waals surface area contributed by atoms with Gasteiger partial charge in [0, 0.05) is 24.6 Å². The normalized spacial score (nSPS) is 17.6. The fourth-order valence-corrected chi connectivity index (χ4v) is 3.61. The minimum Gasteiger partial charge on any atom is -0.361 e. The number of pyridine rings is 1. The van der Waals surface area contributed by atoms with Gasteiger partial charge in [0.1, 0.15) is 10.8 Å². The number of carbonyl (C=O) groups excluding carboxylic acids is 1. The Morgan fingerprint density at radius 2 is 2.46 bits per heavy atom. The molecule has 1 saturated heterocycles. The van der Waals surface area contributed by atoms with E-state index in [-0.39, 0.29) is 5.91 Å². The van der Waals surface area contributed by atoms with E-state index in [9.17, 15) is 4.79 Å². The van der Waals surface area contributed by atoms with Gasteiger partial charge in [0.25, 0.3) is 5.91 Å². The predicted molar refractivity (Wildman–Crippen MR) is 93.0 cm³/mol. The molecule has 3 rings (SSSR count). The van der Waals surface area contributed by atoms with Gasteiger partial charge in [0.05, 0.1) is 11.3 Å². The van der Waals surface area contributed by atoms with Crippen molar-refractivity contribution in [3.63, 3.8) is 0 Å². The van der Waals surface area contributed by atoms with E-state index < -0.39 is 0 Å². The second-order valence-electron chi connectivity index (χ2n) is 6.00. The predicted octanol–water partition coefficient (Wildman–Crippen LogP) is 2.40. The Bertz CT molecular complexity index is 683. The molecule has 0 radical (unpaired) electrons. The average Bonchev–Trinajstić information content (AvgIpc) is 3.04. The number of hydrogen-bond acceptors (Lipinski definition) is 6. The molecule has 0 spiro atoms. The summed E-state index contributed by atoms with van der Waals surface area (Å²) < 4.78 is 5.07. The van der Waals surface area contributed by atoms with Crippen LogP contribution in [0.3, 0.4) is 0 Å². The van der Waals surface area contributed by atoms with E-state index in [1.54, 1.807) is 12.3 Å². The molecule has 1 amide bonds. The monoisotopic (exact) mass is 346 g/mol. The quantitative estimate of drug-likeness (QED) is 0.782. The van der Waals surface area contributed by atoms with Crippen molar-refractivity contribution in [2.45, 2.75) is 30.5 Å². The number of carbonyl (C=O) groups is 1. The SMILES string of the molecule is Cc1cc(CSc2ncccc2C(=O)NCC2CCCNC2)no1. The van der Waals surface area contributed by atoms with E-state index >= 15 is 0 Å². The maximum absolute atomic E-state index is 12.5. The molecule has 1 atom stereocenters. The molecule has 128 valence electrons.